The predicted octanol–water partition coefficient (Wildman–Crippen LogP) is 4.90. The predicted molar refractivity (Wildman–Crippen MR) is 88.7 cm³/mol. The maximum atomic E-state index is 2.36. The van der Waals surface area contributed by atoms with Crippen LogP contribution in [0, 0.1) is 0 Å². The molecule has 0 N–H and O–H groups in total. The van der Waals surface area contributed by atoms with Gasteiger partial charge in [-0.05, 0) is 28.3 Å². The van der Waals surface area contributed by atoms with E-state index in [1.54, 1.807) is 0 Å². The largest absolute Gasteiger partial charge is 0.343 e. The first-order valence-corrected chi connectivity index (χ1v) is 7.42. The highest BCUT2D eigenvalue weighted by molar-refractivity contribution is 6.11. The van der Waals surface area contributed by atoms with E-state index >= 15 is 0 Å². The molecule has 0 spiro atoms. The lowest BCUT2D eigenvalue weighted by Crippen LogP contribution is -1.91. The minimum absolute atomic E-state index is 1.05. The van der Waals surface area contributed by atoms with Crippen LogP contribution in [0.1, 0.15) is 11.1 Å². The summed E-state index contributed by atoms with van der Waals surface area (Å²) in [6.45, 7) is 0. The van der Waals surface area contributed by atoms with Gasteiger partial charge < -0.3 is 4.57 Å². The molecular formula is C20H15N. The zero-order valence-corrected chi connectivity index (χ0v) is 11.9. The smallest absolute Gasteiger partial charge is 0.0530 e. The first-order valence-electron chi connectivity index (χ1n) is 7.42. The molecule has 4 aromatic rings. The zero-order chi connectivity index (χ0) is 14.0. The van der Waals surface area contributed by atoms with E-state index in [0.29, 0.717) is 0 Å². The van der Waals surface area contributed by atoms with E-state index in [2.05, 4.69) is 72.3 Å². The van der Waals surface area contributed by atoms with Gasteiger partial charge in [0.1, 0.15) is 0 Å². The van der Waals surface area contributed by atoms with Crippen molar-refractivity contribution < 1.29 is 0 Å². The minimum atomic E-state index is 1.05. The van der Waals surface area contributed by atoms with Gasteiger partial charge in [0, 0.05) is 29.8 Å². The van der Waals surface area contributed by atoms with Crippen LogP contribution in [0.2, 0.25) is 0 Å². The Morgan fingerprint density at radius 3 is 2.52 bits per heavy atom. The molecule has 0 unspecified atom stereocenters. The molecular weight excluding hydrogens is 254 g/mol. The van der Waals surface area contributed by atoms with Crippen molar-refractivity contribution in [2.75, 3.05) is 0 Å². The van der Waals surface area contributed by atoms with Crippen molar-refractivity contribution in [3.05, 3.63) is 71.8 Å². The van der Waals surface area contributed by atoms with Crippen molar-refractivity contribution in [1.29, 1.82) is 0 Å². The van der Waals surface area contributed by atoms with Crippen LogP contribution in [0.15, 0.2) is 60.7 Å². The molecule has 21 heavy (non-hydrogen) atoms. The molecule has 0 amide bonds. The molecule has 0 saturated heterocycles. The van der Waals surface area contributed by atoms with Gasteiger partial charge in [0.25, 0.3) is 0 Å². The number of para-hydroxylation sites is 1. The Balaban J connectivity index is 1.97. The van der Waals surface area contributed by atoms with Gasteiger partial charge in [0.05, 0.1) is 5.52 Å². The summed E-state index contributed by atoms with van der Waals surface area (Å²) in [4.78, 5) is 0. The monoisotopic (exact) mass is 269 g/mol. The van der Waals surface area contributed by atoms with E-state index in [1.165, 1.54) is 44.1 Å². The highest BCUT2D eigenvalue weighted by atomic mass is 14.9. The van der Waals surface area contributed by atoms with Gasteiger partial charge in [-0.1, -0.05) is 54.6 Å². The number of aromatic nitrogens is 1. The molecule has 0 fully saturated rings. The summed E-state index contributed by atoms with van der Waals surface area (Å²) in [5.74, 6) is 0. The Kier molecular flexibility index (Phi) is 2.00. The van der Waals surface area contributed by atoms with Crippen molar-refractivity contribution >= 4 is 21.8 Å². The molecule has 0 aliphatic heterocycles. The average Bonchev–Trinajstić information content (AvgIpc) is 3.04. The van der Waals surface area contributed by atoms with E-state index in [1.807, 2.05) is 0 Å². The highest BCUT2D eigenvalue weighted by Gasteiger charge is 2.22. The fourth-order valence-electron chi connectivity index (χ4n) is 3.91. The van der Waals surface area contributed by atoms with Gasteiger partial charge >= 0.3 is 0 Å². The molecule has 1 heterocycles. The standard InChI is InChI=1S/C20H15N/c1-21-19-9-5-4-8-16(19)17-11-10-15-14-7-3-2-6-13(14)12-18(15)20(17)21/h2-11H,12H2,1H3. The number of rotatable bonds is 0. The summed E-state index contributed by atoms with van der Waals surface area (Å²) in [5.41, 5.74) is 8.45. The molecule has 1 aliphatic carbocycles. The van der Waals surface area contributed by atoms with Crippen molar-refractivity contribution in [2.24, 2.45) is 7.05 Å². The molecule has 1 aliphatic rings. The Bertz CT molecular complexity index is 1020. The van der Waals surface area contributed by atoms with Gasteiger partial charge in [-0.2, -0.15) is 0 Å². The summed E-state index contributed by atoms with van der Waals surface area (Å²) in [6, 6.07) is 22.1. The lowest BCUT2D eigenvalue weighted by atomic mass is 10.0. The van der Waals surface area contributed by atoms with Crippen LogP contribution in [-0.2, 0) is 13.5 Å². The number of benzene rings is 3. The average molecular weight is 269 g/mol. The normalized spacial score (nSPS) is 12.8. The molecule has 1 aromatic heterocycles. The molecule has 1 nitrogen and oxygen atoms in total. The van der Waals surface area contributed by atoms with Crippen molar-refractivity contribution in [1.82, 2.24) is 4.57 Å². The number of hydrogen-bond acceptors (Lipinski definition) is 0. The van der Waals surface area contributed by atoms with E-state index in [0.717, 1.165) is 6.42 Å². The molecule has 0 bridgehead atoms. The summed E-state index contributed by atoms with van der Waals surface area (Å²) < 4.78 is 2.36. The molecule has 3 aromatic carbocycles. The van der Waals surface area contributed by atoms with Crippen LogP contribution < -0.4 is 0 Å². The first kappa shape index (κ1) is 11.2. The van der Waals surface area contributed by atoms with E-state index < -0.39 is 0 Å². The van der Waals surface area contributed by atoms with Crippen molar-refractivity contribution in [3.63, 3.8) is 0 Å². The maximum absolute atomic E-state index is 2.36. The Morgan fingerprint density at radius 2 is 1.57 bits per heavy atom. The number of hydrogen-bond donors (Lipinski definition) is 0. The fraction of sp³-hybridized carbons (Fsp3) is 0.100. The van der Waals surface area contributed by atoms with E-state index in [9.17, 15) is 0 Å². The summed E-state index contributed by atoms with van der Waals surface area (Å²) in [5, 5.41) is 2.73. The number of nitrogens with zero attached hydrogens (tertiary/aromatic N) is 1. The van der Waals surface area contributed by atoms with Crippen molar-refractivity contribution in [3.8, 4) is 11.1 Å². The SMILES string of the molecule is Cn1c2ccccc2c2ccc3c(c21)Cc1ccccc1-3. The Hall–Kier alpha value is -2.54. The van der Waals surface area contributed by atoms with E-state index in [-0.39, 0.29) is 0 Å². The van der Waals surface area contributed by atoms with Crippen LogP contribution in [0.25, 0.3) is 32.9 Å². The van der Waals surface area contributed by atoms with Crippen LogP contribution in [-0.4, -0.2) is 4.57 Å². The van der Waals surface area contributed by atoms with Gasteiger partial charge in [-0.15, -0.1) is 0 Å². The summed E-state index contributed by atoms with van der Waals surface area (Å²) >= 11 is 0. The topological polar surface area (TPSA) is 4.93 Å². The third kappa shape index (κ3) is 1.31. The quantitative estimate of drug-likeness (QED) is 0.377. The van der Waals surface area contributed by atoms with Crippen LogP contribution in [0.5, 0.6) is 0 Å². The lowest BCUT2D eigenvalue weighted by molar-refractivity contribution is 1.00. The van der Waals surface area contributed by atoms with Crippen LogP contribution in [0.3, 0.4) is 0 Å². The van der Waals surface area contributed by atoms with Crippen molar-refractivity contribution in [2.45, 2.75) is 6.42 Å². The molecule has 100 valence electrons. The summed E-state index contributed by atoms with van der Waals surface area (Å²) in [6.07, 6.45) is 1.05. The third-order valence-corrected chi connectivity index (χ3v) is 4.85. The van der Waals surface area contributed by atoms with E-state index in [4.69, 9.17) is 0 Å². The van der Waals surface area contributed by atoms with Gasteiger partial charge in [-0.3, -0.25) is 0 Å². The van der Waals surface area contributed by atoms with Crippen LogP contribution >= 0.6 is 0 Å². The molecule has 5 rings (SSSR count). The second-order valence-electron chi connectivity index (χ2n) is 5.90. The number of fused-ring (bicyclic) bond motifs is 7. The lowest BCUT2D eigenvalue weighted by Gasteiger charge is -2.05. The summed E-state index contributed by atoms with van der Waals surface area (Å²) in [7, 11) is 2.19. The highest BCUT2D eigenvalue weighted by Crippen LogP contribution is 2.42. The zero-order valence-electron chi connectivity index (χ0n) is 11.9. The molecule has 0 atom stereocenters. The second kappa shape index (κ2) is 3.76. The number of aryl methyl sites for hydroxylation is 1. The van der Waals surface area contributed by atoms with Gasteiger partial charge in [0.15, 0.2) is 0 Å². The molecule has 0 saturated carbocycles. The molecule has 1 heteroatoms. The molecule has 0 radical (unpaired) electrons. The maximum Gasteiger partial charge on any atom is 0.0530 e. The Labute approximate surface area is 123 Å². The Morgan fingerprint density at radius 1 is 0.762 bits per heavy atom. The second-order valence-corrected chi connectivity index (χ2v) is 5.90. The minimum Gasteiger partial charge on any atom is -0.343 e. The third-order valence-electron chi connectivity index (χ3n) is 4.85. The fourth-order valence-corrected chi connectivity index (χ4v) is 3.91. The first-order chi connectivity index (χ1) is 10.3. The van der Waals surface area contributed by atoms with Gasteiger partial charge in [0.2, 0.25) is 0 Å². The van der Waals surface area contributed by atoms with Crippen LogP contribution in [0.4, 0.5) is 0 Å². The van der Waals surface area contributed by atoms with Gasteiger partial charge in [-0.25, -0.2) is 0 Å².